The van der Waals surface area contributed by atoms with Crippen molar-refractivity contribution in [2.75, 3.05) is 0 Å². The molecule has 1 aliphatic heterocycles. The molecule has 0 bridgehead atoms. The van der Waals surface area contributed by atoms with Gasteiger partial charge in [0.05, 0.1) is 0 Å². The van der Waals surface area contributed by atoms with E-state index in [-0.39, 0.29) is 0 Å². The quantitative estimate of drug-likeness (QED) is 0.661. The van der Waals surface area contributed by atoms with Crippen molar-refractivity contribution in [2.24, 2.45) is 0 Å². The number of hydrogen-bond donors (Lipinski definition) is 0. The highest BCUT2D eigenvalue weighted by Crippen LogP contribution is 2.16. The molecular formula is C7H10BrN3. The SMILES string of the molecule is Brc1nnc2n1CCCCC2. The number of aromatic nitrogens is 3. The van der Waals surface area contributed by atoms with Crippen molar-refractivity contribution in [2.45, 2.75) is 32.2 Å². The summed E-state index contributed by atoms with van der Waals surface area (Å²) in [5.41, 5.74) is 0. The molecule has 2 heterocycles. The molecule has 0 amide bonds. The topological polar surface area (TPSA) is 30.7 Å². The molecule has 1 aromatic heterocycles. The van der Waals surface area contributed by atoms with Gasteiger partial charge in [-0.05, 0) is 28.8 Å². The normalized spacial score (nSPS) is 17.5. The Morgan fingerprint density at radius 2 is 2.09 bits per heavy atom. The number of hydrogen-bond acceptors (Lipinski definition) is 2. The molecular weight excluding hydrogens is 206 g/mol. The zero-order chi connectivity index (χ0) is 7.68. The highest BCUT2D eigenvalue weighted by Gasteiger charge is 2.11. The van der Waals surface area contributed by atoms with Crippen LogP contribution in [0.4, 0.5) is 0 Å². The minimum atomic E-state index is 0.884. The van der Waals surface area contributed by atoms with Crippen molar-refractivity contribution < 1.29 is 0 Å². The highest BCUT2D eigenvalue weighted by molar-refractivity contribution is 9.10. The molecule has 2 rings (SSSR count). The minimum absolute atomic E-state index is 0.884. The largest absolute Gasteiger partial charge is 0.306 e. The lowest BCUT2D eigenvalue weighted by atomic mass is 10.2. The first kappa shape index (κ1) is 7.28. The zero-order valence-electron chi connectivity index (χ0n) is 6.26. The second kappa shape index (κ2) is 2.93. The first-order valence-electron chi connectivity index (χ1n) is 3.95. The van der Waals surface area contributed by atoms with Crippen LogP contribution >= 0.6 is 15.9 Å². The minimum Gasteiger partial charge on any atom is -0.306 e. The van der Waals surface area contributed by atoms with Crippen LogP contribution in [0.1, 0.15) is 25.1 Å². The summed E-state index contributed by atoms with van der Waals surface area (Å²) in [4.78, 5) is 0. The number of rotatable bonds is 0. The summed E-state index contributed by atoms with van der Waals surface area (Å²) in [6.07, 6.45) is 4.91. The van der Waals surface area contributed by atoms with Crippen molar-refractivity contribution in [3.63, 3.8) is 0 Å². The molecule has 0 fully saturated rings. The number of nitrogens with zero attached hydrogens (tertiary/aromatic N) is 3. The van der Waals surface area contributed by atoms with Gasteiger partial charge in [0.25, 0.3) is 0 Å². The molecule has 4 heteroatoms. The summed E-state index contributed by atoms with van der Waals surface area (Å²) in [6.45, 7) is 1.07. The summed E-state index contributed by atoms with van der Waals surface area (Å²) >= 11 is 3.38. The Balaban J connectivity index is 2.35. The smallest absolute Gasteiger partial charge is 0.200 e. The van der Waals surface area contributed by atoms with E-state index in [1.165, 1.54) is 19.3 Å². The van der Waals surface area contributed by atoms with Gasteiger partial charge in [-0.25, -0.2) is 0 Å². The van der Waals surface area contributed by atoms with Gasteiger partial charge in [0, 0.05) is 13.0 Å². The molecule has 0 unspecified atom stereocenters. The summed E-state index contributed by atoms with van der Waals surface area (Å²) in [6, 6.07) is 0. The lowest BCUT2D eigenvalue weighted by Crippen LogP contribution is -2.00. The Hall–Kier alpha value is -0.380. The van der Waals surface area contributed by atoms with E-state index in [9.17, 15) is 0 Å². The van der Waals surface area contributed by atoms with Gasteiger partial charge < -0.3 is 4.57 Å². The molecule has 3 nitrogen and oxygen atoms in total. The third-order valence-electron chi connectivity index (χ3n) is 2.06. The molecule has 0 radical (unpaired) electrons. The predicted octanol–water partition coefficient (Wildman–Crippen LogP) is 1.77. The fraction of sp³-hybridized carbons (Fsp3) is 0.714. The van der Waals surface area contributed by atoms with Crippen molar-refractivity contribution in [3.8, 4) is 0 Å². The van der Waals surface area contributed by atoms with Gasteiger partial charge in [-0.1, -0.05) is 6.42 Å². The van der Waals surface area contributed by atoms with Crippen LogP contribution in [0.15, 0.2) is 4.73 Å². The van der Waals surface area contributed by atoms with Crippen LogP contribution in [0.3, 0.4) is 0 Å². The highest BCUT2D eigenvalue weighted by atomic mass is 79.9. The van der Waals surface area contributed by atoms with Crippen LogP contribution in [0.25, 0.3) is 0 Å². The van der Waals surface area contributed by atoms with Crippen LogP contribution in [-0.2, 0) is 13.0 Å². The molecule has 0 aromatic carbocycles. The van der Waals surface area contributed by atoms with Gasteiger partial charge in [0.15, 0.2) is 4.73 Å². The van der Waals surface area contributed by atoms with Crippen molar-refractivity contribution in [1.82, 2.24) is 14.8 Å². The van der Waals surface area contributed by atoms with Gasteiger partial charge in [0.2, 0.25) is 0 Å². The third kappa shape index (κ3) is 1.31. The maximum absolute atomic E-state index is 4.08. The summed E-state index contributed by atoms with van der Waals surface area (Å²) in [7, 11) is 0. The second-order valence-electron chi connectivity index (χ2n) is 2.85. The molecule has 0 saturated heterocycles. The van der Waals surface area contributed by atoms with Gasteiger partial charge in [-0.2, -0.15) is 0 Å². The standard InChI is InChI=1S/C7H10BrN3/c8-7-10-9-6-4-2-1-3-5-11(6)7/h1-5H2. The Kier molecular flexibility index (Phi) is 1.94. The van der Waals surface area contributed by atoms with Crippen LogP contribution in [0.5, 0.6) is 0 Å². The van der Waals surface area contributed by atoms with Crippen LogP contribution in [-0.4, -0.2) is 14.8 Å². The van der Waals surface area contributed by atoms with Crippen LogP contribution in [0.2, 0.25) is 0 Å². The summed E-state index contributed by atoms with van der Waals surface area (Å²) in [5.74, 6) is 1.13. The number of aryl methyl sites for hydroxylation is 1. The molecule has 0 N–H and O–H groups in total. The van der Waals surface area contributed by atoms with Crippen molar-refractivity contribution in [1.29, 1.82) is 0 Å². The maximum Gasteiger partial charge on any atom is 0.200 e. The van der Waals surface area contributed by atoms with Gasteiger partial charge in [-0.3, -0.25) is 0 Å². The lowest BCUT2D eigenvalue weighted by Gasteiger charge is -2.00. The van der Waals surface area contributed by atoms with E-state index in [4.69, 9.17) is 0 Å². The van der Waals surface area contributed by atoms with E-state index in [0.29, 0.717) is 0 Å². The van der Waals surface area contributed by atoms with E-state index >= 15 is 0 Å². The Morgan fingerprint density at radius 1 is 1.18 bits per heavy atom. The summed E-state index contributed by atoms with van der Waals surface area (Å²) in [5, 5.41) is 8.05. The van der Waals surface area contributed by atoms with Crippen molar-refractivity contribution >= 4 is 15.9 Å². The van der Waals surface area contributed by atoms with Crippen LogP contribution < -0.4 is 0 Å². The molecule has 0 spiro atoms. The molecule has 1 aliphatic rings. The third-order valence-corrected chi connectivity index (χ3v) is 2.65. The molecule has 0 aliphatic carbocycles. The number of fused-ring (bicyclic) bond motifs is 1. The predicted molar refractivity (Wildman–Crippen MR) is 45.3 cm³/mol. The Bertz CT molecular complexity index is 256. The van der Waals surface area contributed by atoms with E-state index in [1.54, 1.807) is 0 Å². The van der Waals surface area contributed by atoms with E-state index in [1.807, 2.05) is 0 Å². The molecule has 11 heavy (non-hydrogen) atoms. The first-order valence-corrected chi connectivity index (χ1v) is 4.75. The first-order chi connectivity index (χ1) is 5.38. The monoisotopic (exact) mass is 215 g/mol. The average molecular weight is 216 g/mol. The van der Waals surface area contributed by atoms with E-state index in [0.717, 1.165) is 23.5 Å². The van der Waals surface area contributed by atoms with Gasteiger partial charge in [-0.15, -0.1) is 10.2 Å². The fourth-order valence-corrected chi connectivity index (χ4v) is 1.91. The van der Waals surface area contributed by atoms with E-state index in [2.05, 4.69) is 30.7 Å². The fourth-order valence-electron chi connectivity index (χ4n) is 1.45. The molecule has 60 valence electrons. The second-order valence-corrected chi connectivity index (χ2v) is 3.56. The number of halogens is 1. The van der Waals surface area contributed by atoms with Gasteiger partial charge >= 0.3 is 0 Å². The zero-order valence-corrected chi connectivity index (χ0v) is 7.84. The van der Waals surface area contributed by atoms with Gasteiger partial charge in [0.1, 0.15) is 5.82 Å². The lowest BCUT2D eigenvalue weighted by molar-refractivity contribution is 0.622. The molecule has 1 aromatic rings. The summed E-state index contributed by atoms with van der Waals surface area (Å²) < 4.78 is 3.04. The van der Waals surface area contributed by atoms with Crippen LogP contribution in [0, 0.1) is 0 Å². The van der Waals surface area contributed by atoms with Crippen molar-refractivity contribution in [3.05, 3.63) is 10.6 Å². The molecule has 0 saturated carbocycles. The average Bonchev–Trinajstić information content (AvgIpc) is 2.25. The maximum atomic E-state index is 4.08. The van der Waals surface area contributed by atoms with E-state index < -0.39 is 0 Å². The Morgan fingerprint density at radius 3 is 3.00 bits per heavy atom. The Labute approximate surface area is 73.9 Å². The molecule has 0 atom stereocenters.